The van der Waals surface area contributed by atoms with Crippen LogP contribution in [0.15, 0.2) is 60.7 Å². The molecule has 0 spiro atoms. The van der Waals surface area contributed by atoms with E-state index in [4.69, 9.17) is 4.74 Å². The van der Waals surface area contributed by atoms with E-state index in [0.717, 1.165) is 31.2 Å². The number of ether oxygens (including phenoxy) is 1. The predicted molar refractivity (Wildman–Crippen MR) is 116 cm³/mol. The van der Waals surface area contributed by atoms with Crippen molar-refractivity contribution in [3.05, 3.63) is 71.8 Å². The summed E-state index contributed by atoms with van der Waals surface area (Å²) in [5.41, 5.74) is 2.07. The molecule has 2 aromatic carbocycles. The highest BCUT2D eigenvalue weighted by Crippen LogP contribution is 2.29. The van der Waals surface area contributed by atoms with Crippen LogP contribution in [0.5, 0.6) is 0 Å². The van der Waals surface area contributed by atoms with Crippen molar-refractivity contribution in [3.63, 3.8) is 0 Å². The average Bonchev–Trinajstić information content (AvgIpc) is 2.81. The van der Waals surface area contributed by atoms with Gasteiger partial charge in [-0.1, -0.05) is 60.7 Å². The molecule has 5 nitrogen and oxygen atoms in total. The predicted octanol–water partition coefficient (Wildman–Crippen LogP) is 3.95. The van der Waals surface area contributed by atoms with Crippen LogP contribution in [0.25, 0.3) is 0 Å². The van der Waals surface area contributed by atoms with Crippen molar-refractivity contribution in [2.24, 2.45) is 0 Å². The summed E-state index contributed by atoms with van der Waals surface area (Å²) in [4.78, 5) is 29.8. The summed E-state index contributed by atoms with van der Waals surface area (Å²) in [5, 5.41) is 0. The highest BCUT2D eigenvalue weighted by atomic mass is 16.5. The van der Waals surface area contributed by atoms with Crippen LogP contribution in [0.3, 0.4) is 0 Å². The molecule has 2 saturated heterocycles. The van der Waals surface area contributed by atoms with Gasteiger partial charge in [0.15, 0.2) is 0 Å². The van der Waals surface area contributed by atoms with E-state index < -0.39 is 6.04 Å². The molecule has 0 saturated carbocycles. The van der Waals surface area contributed by atoms with E-state index in [1.54, 1.807) is 4.90 Å². The molecule has 2 aromatic rings. The lowest BCUT2D eigenvalue weighted by Crippen LogP contribution is -2.49. The number of amides is 2. The Labute approximate surface area is 178 Å². The summed E-state index contributed by atoms with van der Waals surface area (Å²) in [5.74, 6) is 0.127. The molecule has 0 aliphatic carbocycles. The Bertz CT molecular complexity index is 832. The first-order valence-corrected chi connectivity index (χ1v) is 11.0. The molecule has 2 aliphatic rings. The monoisotopic (exact) mass is 406 g/mol. The van der Waals surface area contributed by atoms with Gasteiger partial charge in [-0.15, -0.1) is 0 Å². The normalized spacial score (nSPS) is 19.0. The minimum Gasteiger partial charge on any atom is -0.373 e. The lowest BCUT2D eigenvalue weighted by Gasteiger charge is -2.39. The van der Waals surface area contributed by atoms with Gasteiger partial charge in [0.25, 0.3) is 0 Å². The Hall–Kier alpha value is -2.66. The van der Waals surface area contributed by atoms with Gasteiger partial charge in [-0.2, -0.15) is 0 Å². The van der Waals surface area contributed by atoms with Crippen LogP contribution in [0.4, 0.5) is 0 Å². The van der Waals surface area contributed by atoms with Gasteiger partial charge in [-0.25, -0.2) is 0 Å². The number of carbonyl (C=O) groups excluding carboxylic acids is 2. The van der Waals surface area contributed by atoms with E-state index in [2.05, 4.69) is 12.1 Å². The van der Waals surface area contributed by atoms with Crippen LogP contribution in [0, 0.1) is 0 Å². The maximum Gasteiger partial charge on any atom is 0.250 e. The minimum absolute atomic E-state index is 0.0398. The third-order valence-electron chi connectivity index (χ3n) is 6.10. The second-order valence-corrected chi connectivity index (χ2v) is 8.18. The Morgan fingerprint density at radius 1 is 0.933 bits per heavy atom. The van der Waals surface area contributed by atoms with E-state index in [1.807, 2.05) is 53.4 Å². The first-order valence-electron chi connectivity index (χ1n) is 11.0. The summed E-state index contributed by atoms with van der Waals surface area (Å²) >= 11 is 0. The first-order chi connectivity index (χ1) is 14.7. The van der Waals surface area contributed by atoms with Crippen molar-refractivity contribution >= 4 is 11.8 Å². The number of hydrogen-bond acceptors (Lipinski definition) is 3. The largest absolute Gasteiger partial charge is 0.373 e. The van der Waals surface area contributed by atoms with E-state index in [1.165, 1.54) is 5.56 Å². The molecule has 0 N–H and O–H groups in total. The maximum absolute atomic E-state index is 13.5. The summed E-state index contributed by atoms with van der Waals surface area (Å²) in [6.45, 7) is 2.60. The second kappa shape index (κ2) is 9.90. The number of likely N-dealkylation sites (tertiary alicyclic amines) is 2. The van der Waals surface area contributed by atoms with Gasteiger partial charge in [0.05, 0.1) is 12.7 Å². The molecule has 30 heavy (non-hydrogen) atoms. The number of carbonyl (C=O) groups is 2. The van der Waals surface area contributed by atoms with Crippen molar-refractivity contribution in [1.82, 2.24) is 9.80 Å². The Balaban J connectivity index is 1.39. The van der Waals surface area contributed by atoms with Crippen LogP contribution >= 0.6 is 0 Å². The Morgan fingerprint density at radius 3 is 2.27 bits per heavy atom. The molecular formula is C25H30N2O3. The van der Waals surface area contributed by atoms with Crippen LogP contribution in [-0.4, -0.2) is 47.4 Å². The highest BCUT2D eigenvalue weighted by Gasteiger charge is 2.36. The molecule has 2 heterocycles. The standard InChI is InChI=1S/C25H30N2O3/c28-23-13-7-8-16-27(23)24(21-11-5-2-6-12-21)25(29)26-17-14-22(15-18-26)30-19-20-9-3-1-4-10-20/h1-6,9-12,22,24H,7-8,13-19H2. The number of rotatable bonds is 6. The van der Waals surface area contributed by atoms with Gasteiger partial charge in [-0.05, 0) is 36.8 Å². The van der Waals surface area contributed by atoms with Crippen LogP contribution in [-0.2, 0) is 20.9 Å². The van der Waals surface area contributed by atoms with Crippen LogP contribution < -0.4 is 0 Å². The smallest absolute Gasteiger partial charge is 0.250 e. The second-order valence-electron chi connectivity index (χ2n) is 8.18. The lowest BCUT2D eigenvalue weighted by atomic mass is 9.98. The topological polar surface area (TPSA) is 49.9 Å². The summed E-state index contributed by atoms with van der Waals surface area (Å²) in [6.07, 6.45) is 4.22. The van der Waals surface area contributed by atoms with Crippen molar-refractivity contribution < 1.29 is 14.3 Å². The van der Waals surface area contributed by atoms with E-state index in [-0.39, 0.29) is 17.9 Å². The molecule has 2 fully saturated rings. The van der Waals surface area contributed by atoms with E-state index in [9.17, 15) is 9.59 Å². The molecule has 158 valence electrons. The number of nitrogens with zero attached hydrogens (tertiary/aromatic N) is 2. The van der Waals surface area contributed by atoms with Gasteiger partial charge in [0.2, 0.25) is 11.8 Å². The van der Waals surface area contributed by atoms with Crippen molar-refractivity contribution in [2.75, 3.05) is 19.6 Å². The fourth-order valence-corrected chi connectivity index (χ4v) is 4.40. The fraction of sp³-hybridized carbons (Fsp3) is 0.440. The number of hydrogen-bond donors (Lipinski definition) is 0. The van der Waals surface area contributed by atoms with E-state index in [0.29, 0.717) is 32.7 Å². The van der Waals surface area contributed by atoms with Gasteiger partial charge >= 0.3 is 0 Å². The zero-order chi connectivity index (χ0) is 20.8. The van der Waals surface area contributed by atoms with E-state index >= 15 is 0 Å². The number of benzene rings is 2. The van der Waals surface area contributed by atoms with Gasteiger partial charge in [0.1, 0.15) is 6.04 Å². The van der Waals surface area contributed by atoms with Crippen molar-refractivity contribution in [3.8, 4) is 0 Å². The van der Waals surface area contributed by atoms with Crippen LogP contribution in [0.1, 0.15) is 49.3 Å². The molecule has 5 heteroatoms. The summed E-state index contributed by atoms with van der Waals surface area (Å²) < 4.78 is 6.07. The molecule has 2 aliphatic heterocycles. The minimum atomic E-state index is -0.513. The van der Waals surface area contributed by atoms with Crippen LogP contribution in [0.2, 0.25) is 0 Å². The van der Waals surface area contributed by atoms with Gasteiger partial charge < -0.3 is 14.5 Å². The lowest BCUT2D eigenvalue weighted by molar-refractivity contribution is -0.149. The quantitative estimate of drug-likeness (QED) is 0.730. The third-order valence-corrected chi connectivity index (χ3v) is 6.10. The van der Waals surface area contributed by atoms with Crippen molar-refractivity contribution in [1.29, 1.82) is 0 Å². The van der Waals surface area contributed by atoms with Crippen molar-refractivity contribution in [2.45, 2.75) is 50.9 Å². The zero-order valence-electron chi connectivity index (χ0n) is 17.4. The van der Waals surface area contributed by atoms with Gasteiger partial charge in [-0.3, -0.25) is 9.59 Å². The molecular weight excluding hydrogens is 376 g/mol. The fourth-order valence-electron chi connectivity index (χ4n) is 4.40. The van der Waals surface area contributed by atoms with Gasteiger partial charge in [0, 0.05) is 26.1 Å². The molecule has 0 radical (unpaired) electrons. The Morgan fingerprint density at radius 2 is 1.60 bits per heavy atom. The SMILES string of the molecule is O=C(C(c1ccccc1)N1CCCCC1=O)N1CCC(OCc2ccccc2)CC1. The summed E-state index contributed by atoms with van der Waals surface area (Å²) in [7, 11) is 0. The molecule has 1 unspecified atom stereocenters. The first kappa shape index (κ1) is 20.6. The summed E-state index contributed by atoms with van der Waals surface area (Å²) in [6, 6.07) is 19.4. The highest BCUT2D eigenvalue weighted by molar-refractivity contribution is 5.89. The molecule has 2 amide bonds. The Kier molecular flexibility index (Phi) is 6.80. The molecule has 4 rings (SSSR count). The number of piperidine rings is 2. The molecule has 1 atom stereocenters. The maximum atomic E-state index is 13.5. The average molecular weight is 407 g/mol. The third kappa shape index (κ3) is 4.90. The molecule has 0 bridgehead atoms. The molecule has 0 aromatic heterocycles. The zero-order valence-corrected chi connectivity index (χ0v) is 17.4.